The van der Waals surface area contributed by atoms with E-state index in [-0.39, 0.29) is 0 Å². The first-order valence-electron chi connectivity index (χ1n) is 7.76. The summed E-state index contributed by atoms with van der Waals surface area (Å²) in [6.45, 7) is 0. The molecule has 1 aromatic heterocycles. The van der Waals surface area contributed by atoms with E-state index in [1.807, 2.05) is 48.5 Å². The Hall–Kier alpha value is -2.97. The molecule has 1 unspecified atom stereocenters. The van der Waals surface area contributed by atoms with Crippen LogP contribution in [0.5, 0.6) is 5.75 Å². The highest BCUT2D eigenvalue weighted by Gasteiger charge is 2.09. The van der Waals surface area contributed by atoms with Gasteiger partial charge in [0.15, 0.2) is 5.82 Å². The van der Waals surface area contributed by atoms with Gasteiger partial charge in [-0.25, -0.2) is 9.97 Å². The van der Waals surface area contributed by atoms with E-state index in [9.17, 15) is 4.21 Å². The molecular formula is C18H19N5O2S. The lowest BCUT2D eigenvalue weighted by Gasteiger charge is -2.09. The molecule has 3 aromatic rings. The Morgan fingerprint density at radius 1 is 1.15 bits per heavy atom. The van der Waals surface area contributed by atoms with Crippen LogP contribution in [0.4, 0.5) is 11.6 Å². The van der Waals surface area contributed by atoms with Crippen LogP contribution >= 0.6 is 0 Å². The van der Waals surface area contributed by atoms with Crippen LogP contribution in [0.2, 0.25) is 0 Å². The molecule has 0 aliphatic rings. The number of hydrogen-bond acceptors (Lipinski definition) is 6. The first-order valence-corrected chi connectivity index (χ1v) is 9.85. The van der Waals surface area contributed by atoms with Crippen molar-refractivity contribution in [1.82, 2.24) is 15.0 Å². The van der Waals surface area contributed by atoms with Gasteiger partial charge in [-0.2, -0.15) is 4.98 Å². The smallest absolute Gasteiger partial charge is 0.230 e. The molecule has 0 fully saturated rings. The predicted molar refractivity (Wildman–Crippen MR) is 105 cm³/mol. The largest absolute Gasteiger partial charge is 0.496 e. The number of rotatable bonds is 5. The second kappa shape index (κ2) is 7.51. The number of aromatic nitrogens is 3. The first kappa shape index (κ1) is 17.8. The Morgan fingerprint density at radius 2 is 1.96 bits per heavy atom. The number of methoxy groups -OCH3 is 1. The second-order valence-electron chi connectivity index (χ2n) is 5.67. The third kappa shape index (κ3) is 4.56. The summed E-state index contributed by atoms with van der Waals surface area (Å²) in [4.78, 5) is 12.8. The third-order valence-corrected chi connectivity index (χ3v) is 4.17. The molecule has 2 aromatic carbocycles. The van der Waals surface area contributed by atoms with Crippen molar-refractivity contribution in [3.05, 3.63) is 60.4 Å². The molecule has 1 heterocycles. The average molecular weight is 369 g/mol. The van der Waals surface area contributed by atoms with Gasteiger partial charge < -0.3 is 10.1 Å². The molecule has 0 radical (unpaired) electrons. The molecule has 134 valence electrons. The summed E-state index contributed by atoms with van der Waals surface area (Å²) in [5.74, 6) is 1.58. The molecule has 3 N–H and O–H groups in total. The van der Waals surface area contributed by atoms with E-state index in [0.717, 1.165) is 16.8 Å². The van der Waals surface area contributed by atoms with Crippen molar-refractivity contribution in [2.45, 2.75) is 0 Å². The third-order valence-electron chi connectivity index (χ3n) is 3.43. The number of hydrogen-bond donors (Lipinski definition) is 2. The number of anilines is 2. The summed E-state index contributed by atoms with van der Waals surface area (Å²) in [7, 11) is -0.874. The number of nitrogens with two attached hydrogens (primary N) is 1. The molecule has 0 bridgehead atoms. The molecule has 1 atom stereocenters. The van der Waals surface area contributed by atoms with Crippen molar-refractivity contribution >= 4 is 26.7 Å². The van der Waals surface area contributed by atoms with Crippen molar-refractivity contribution in [3.63, 3.8) is 0 Å². The molecule has 0 aliphatic heterocycles. The SMILES string of the molecule is COc1ccccc1-c1ncnc(Nc2cccc(C=S(C)(N)=O)c2)n1. The van der Waals surface area contributed by atoms with Crippen LogP contribution in [0, 0.1) is 0 Å². The predicted octanol–water partition coefficient (Wildman–Crippen LogP) is 2.23. The van der Waals surface area contributed by atoms with Gasteiger partial charge in [0.1, 0.15) is 12.1 Å². The fourth-order valence-electron chi connectivity index (χ4n) is 2.40. The van der Waals surface area contributed by atoms with Crippen LogP contribution in [-0.4, -0.2) is 37.9 Å². The highest BCUT2D eigenvalue weighted by molar-refractivity contribution is 7.98. The zero-order chi connectivity index (χ0) is 18.6. The van der Waals surface area contributed by atoms with E-state index in [4.69, 9.17) is 9.88 Å². The Morgan fingerprint density at radius 3 is 2.73 bits per heavy atom. The lowest BCUT2D eigenvalue weighted by molar-refractivity contribution is 0.416. The van der Waals surface area contributed by atoms with Crippen molar-refractivity contribution in [3.8, 4) is 17.1 Å². The van der Waals surface area contributed by atoms with Gasteiger partial charge in [-0.15, -0.1) is 0 Å². The van der Waals surface area contributed by atoms with E-state index in [2.05, 4.69) is 20.3 Å². The van der Waals surface area contributed by atoms with E-state index in [1.165, 1.54) is 18.0 Å². The van der Waals surface area contributed by atoms with E-state index in [0.29, 0.717) is 17.5 Å². The molecule has 8 heteroatoms. The van der Waals surface area contributed by atoms with Crippen molar-refractivity contribution in [1.29, 1.82) is 0 Å². The summed E-state index contributed by atoms with van der Waals surface area (Å²) in [6, 6.07) is 14.8. The van der Waals surface area contributed by atoms with Crippen molar-refractivity contribution in [2.75, 3.05) is 18.7 Å². The Balaban J connectivity index is 1.91. The molecule has 0 saturated carbocycles. The fraction of sp³-hybridized carbons (Fsp3) is 0.111. The summed E-state index contributed by atoms with van der Waals surface area (Å²) >= 11 is 0. The van der Waals surface area contributed by atoms with Crippen LogP contribution in [0.15, 0.2) is 54.9 Å². The second-order valence-corrected chi connectivity index (χ2v) is 7.84. The number of nitrogens with one attached hydrogen (secondary N) is 1. The number of para-hydroxylation sites is 1. The van der Waals surface area contributed by atoms with Gasteiger partial charge in [0, 0.05) is 27.0 Å². The Bertz CT molecular complexity index is 1040. The monoisotopic (exact) mass is 369 g/mol. The Labute approximate surface area is 152 Å². The minimum Gasteiger partial charge on any atom is -0.496 e. The zero-order valence-corrected chi connectivity index (χ0v) is 15.2. The van der Waals surface area contributed by atoms with Crippen LogP contribution in [0.25, 0.3) is 11.4 Å². The maximum Gasteiger partial charge on any atom is 0.230 e. The van der Waals surface area contributed by atoms with Crippen LogP contribution in [0.3, 0.4) is 0 Å². The lowest BCUT2D eigenvalue weighted by atomic mass is 10.2. The summed E-state index contributed by atoms with van der Waals surface area (Å²) in [5, 5.41) is 10.2. The minimum atomic E-state index is -2.48. The zero-order valence-electron chi connectivity index (χ0n) is 14.4. The first-order chi connectivity index (χ1) is 12.4. The quantitative estimate of drug-likeness (QED) is 0.669. The maximum absolute atomic E-state index is 11.7. The summed E-state index contributed by atoms with van der Waals surface area (Å²) in [5.41, 5.74) is 2.28. The minimum absolute atomic E-state index is 0.392. The van der Waals surface area contributed by atoms with Gasteiger partial charge in [-0.1, -0.05) is 24.3 Å². The highest BCUT2D eigenvalue weighted by atomic mass is 32.2. The van der Waals surface area contributed by atoms with Crippen LogP contribution in [-0.2, 0) is 9.71 Å². The molecule has 0 spiro atoms. The van der Waals surface area contributed by atoms with Gasteiger partial charge in [-0.3, -0.25) is 9.35 Å². The van der Waals surface area contributed by atoms with Gasteiger partial charge >= 0.3 is 0 Å². The molecule has 0 aliphatic carbocycles. The van der Waals surface area contributed by atoms with E-state index >= 15 is 0 Å². The topological polar surface area (TPSA) is 103 Å². The van der Waals surface area contributed by atoms with E-state index in [1.54, 1.807) is 7.11 Å². The van der Waals surface area contributed by atoms with Crippen LogP contribution in [0.1, 0.15) is 5.56 Å². The highest BCUT2D eigenvalue weighted by Crippen LogP contribution is 2.27. The van der Waals surface area contributed by atoms with Crippen LogP contribution < -0.4 is 15.2 Å². The normalized spacial score (nSPS) is 12.9. The molecule has 7 nitrogen and oxygen atoms in total. The number of nitrogens with zero attached hydrogens (tertiary/aromatic N) is 3. The average Bonchev–Trinajstić information content (AvgIpc) is 2.61. The van der Waals surface area contributed by atoms with Gasteiger partial charge in [0.05, 0.1) is 12.7 Å². The summed E-state index contributed by atoms with van der Waals surface area (Å²) in [6.07, 6.45) is 2.92. The van der Waals surface area contributed by atoms with Gasteiger partial charge in [0.25, 0.3) is 0 Å². The fourth-order valence-corrected chi connectivity index (χ4v) is 3.09. The lowest BCUT2D eigenvalue weighted by Crippen LogP contribution is -2.13. The maximum atomic E-state index is 11.7. The molecule has 0 saturated heterocycles. The number of benzene rings is 2. The Kier molecular flexibility index (Phi) is 5.15. The summed E-state index contributed by atoms with van der Waals surface area (Å²) < 4.78 is 17.1. The molecule has 26 heavy (non-hydrogen) atoms. The van der Waals surface area contributed by atoms with Gasteiger partial charge in [-0.05, 0) is 29.8 Å². The molecule has 3 rings (SSSR count). The van der Waals surface area contributed by atoms with E-state index < -0.39 is 9.71 Å². The standard InChI is InChI=1S/C18H19N5O2S/c1-25-16-9-4-3-8-15(16)17-20-12-21-18(23-17)22-14-7-5-6-13(10-14)11-26(2,19)24/h3-12H,1-2H3,(H2,19,24)(H,20,21,22,23). The van der Waals surface area contributed by atoms with Crippen molar-refractivity contribution in [2.24, 2.45) is 5.14 Å². The molecular weight excluding hydrogens is 350 g/mol. The number of ether oxygens (including phenoxy) is 1. The van der Waals surface area contributed by atoms with Gasteiger partial charge in [0.2, 0.25) is 5.95 Å². The molecule has 0 amide bonds. The van der Waals surface area contributed by atoms with Crippen molar-refractivity contribution < 1.29 is 8.95 Å².